The molecule has 3 rings (SSSR count). The van der Waals surface area contributed by atoms with Crippen molar-refractivity contribution in [2.75, 3.05) is 26.2 Å². The van der Waals surface area contributed by atoms with E-state index in [4.69, 9.17) is 15.2 Å². The van der Waals surface area contributed by atoms with Gasteiger partial charge in [-0.25, -0.2) is 9.18 Å². The Morgan fingerprint density at radius 2 is 1.74 bits per heavy atom. The van der Waals surface area contributed by atoms with E-state index < -0.39 is 6.04 Å². The number of nitrogens with zero attached hydrogens (tertiary/aromatic N) is 2. The maximum absolute atomic E-state index is 14.9. The number of ether oxygens (including phenoxy) is 2. The molecule has 2 aromatic carbocycles. The van der Waals surface area contributed by atoms with Crippen molar-refractivity contribution >= 4 is 12.0 Å². The highest BCUT2D eigenvalue weighted by atomic mass is 19.1. The van der Waals surface area contributed by atoms with Gasteiger partial charge in [-0.1, -0.05) is 43.3 Å². The minimum atomic E-state index is -0.762. The van der Waals surface area contributed by atoms with Crippen molar-refractivity contribution in [2.24, 2.45) is 5.73 Å². The van der Waals surface area contributed by atoms with Gasteiger partial charge in [-0.3, -0.25) is 4.79 Å². The van der Waals surface area contributed by atoms with Crippen LogP contribution in [0.25, 0.3) is 11.1 Å². The molecule has 38 heavy (non-hydrogen) atoms. The van der Waals surface area contributed by atoms with Gasteiger partial charge in [-0.05, 0) is 74.8 Å². The fourth-order valence-electron chi connectivity index (χ4n) is 4.63. The summed E-state index contributed by atoms with van der Waals surface area (Å²) in [5, 5.41) is 0. The Morgan fingerprint density at radius 3 is 2.32 bits per heavy atom. The first-order valence-corrected chi connectivity index (χ1v) is 13.7. The predicted octanol–water partition coefficient (Wildman–Crippen LogP) is 5.15. The van der Waals surface area contributed by atoms with Crippen LogP contribution in [0.15, 0.2) is 42.5 Å². The van der Waals surface area contributed by atoms with Crippen molar-refractivity contribution in [2.45, 2.75) is 78.2 Å². The molecule has 1 fully saturated rings. The molecule has 2 amide bonds. The Morgan fingerprint density at radius 1 is 1.08 bits per heavy atom. The lowest BCUT2D eigenvalue weighted by Gasteiger charge is -2.31. The molecule has 7 nitrogen and oxygen atoms in total. The number of nitrogens with two attached hydrogens (primary N) is 1. The number of hydrogen-bond acceptors (Lipinski definition) is 5. The molecule has 1 atom stereocenters. The molecule has 0 saturated carbocycles. The van der Waals surface area contributed by atoms with E-state index in [9.17, 15) is 14.0 Å². The second kappa shape index (κ2) is 14.3. The molecule has 1 unspecified atom stereocenters. The number of likely N-dealkylation sites (N-methyl/N-ethyl adjacent to an activating group) is 1. The van der Waals surface area contributed by atoms with E-state index in [1.165, 1.54) is 6.07 Å². The number of carbonyl (C=O) groups is 2. The van der Waals surface area contributed by atoms with E-state index in [1.54, 1.807) is 15.9 Å². The summed E-state index contributed by atoms with van der Waals surface area (Å²) in [6.45, 7) is 10.6. The van der Waals surface area contributed by atoms with Crippen molar-refractivity contribution in [3.63, 3.8) is 0 Å². The standard InChI is InChI=1S/C30H42FN3O4/c1-5-15-33(6-2)29(35)28(32)19-25-12-11-24(18-27(25)31)23-9-7-22(8-10-23)20-37-26-13-16-34(17-14-26)30(36)38-21(3)4/h7-12,18,21,26,28H,5-6,13-17,19-20,32H2,1-4H3. The van der Waals surface area contributed by atoms with Crippen molar-refractivity contribution in [1.29, 1.82) is 0 Å². The zero-order chi connectivity index (χ0) is 27.7. The van der Waals surface area contributed by atoms with Gasteiger partial charge in [0.1, 0.15) is 5.82 Å². The summed E-state index contributed by atoms with van der Waals surface area (Å²) in [7, 11) is 0. The van der Waals surface area contributed by atoms with Crippen LogP contribution < -0.4 is 5.73 Å². The van der Waals surface area contributed by atoms with E-state index in [-0.39, 0.29) is 36.4 Å². The summed E-state index contributed by atoms with van der Waals surface area (Å²) < 4.78 is 26.2. The van der Waals surface area contributed by atoms with Gasteiger partial charge in [0.05, 0.1) is 24.9 Å². The maximum atomic E-state index is 14.9. The van der Waals surface area contributed by atoms with Crippen molar-refractivity contribution in [3.8, 4) is 11.1 Å². The number of hydrogen-bond donors (Lipinski definition) is 1. The lowest BCUT2D eigenvalue weighted by atomic mass is 9.99. The largest absolute Gasteiger partial charge is 0.447 e. The third kappa shape index (κ3) is 8.27. The highest BCUT2D eigenvalue weighted by Gasteiger charge is 2.25. The van der Waals surface area contributed by atoms with E-state index in [2.05, 4.69) is 0 Å². The van der Waals surface area contributed by atoms with Gasteiger partial charge in [-0.2, -0.15) is 0 Å². The molecule has 208 valence electrons. The Balaban J connectivity index is 1.51. The molecule has 1 saturated heterocycles. The molecule has 0 radical (unpaired) electrons. The van der Waals surface area contributed by atoms with Crippen LogP contribution in [0.3, 0.4) is 0 Å². The molecular weight excluding hydrogens is 485 g/mol. The molecule has 1 aliphatic heterocycles. The summed E-state index contributed by atoms with van der Waals surface area (Å²) in [6.07, 6.45) is 2.30. The fourth-order valence-corrected chi connectivity index (χ4v) is 4.63. The quantitative estimate of drug-likeness (QED) is 0.437. The number of amides is 2. The number of piperidine rings is 1. The third-order valence-corrected chi connectivity index (χ3v) is 6.81. The van der Waals surface area contributed by atoms with Gasteiger partial charge in [0.2, 0.25) is 5.91 Å². The van der Waals surface area contributed by atoms with Gasteiger partial charge in [0, 0.05) is 26.2 Å². The summed E-state index contributed by atoms with van der Waals surface area (Å²) in [5.74, 6) is -0.505. The monoisotopic (exact) mass is 527 g/mol. The first-order valence-electron chi connectivity index (χ1n) is 13.7. The van der Waals surface area contributed by atoms with Gasteiger partial charge >= 0.3 is 6.09 Å². The Bertz CT molecular complexity index is 1050. The highest BCUT2D eigenvalue weighted by Crippen LogP contribution is 2.24. The molecule has 2 aromatic rings. The predicted molar refractivity (Wildman–Crippen MR) is 147 cm³/mol. The molecule has 0 spiro atoms. The van der Waals surface area contributed by atoms with Gasteiger partial charge in [0.25, 0.3) is 0 Å². The number of likely N-dealkylation sites (tertiary alicyclic amines) is 1. The van der Waals surface area contributed by atoms with Crippen LogP contribution in [0.4, 0.5) is 9.18 Å². The highest BCUT2D eigenvalue weighted by molar-refractivity contribution is 5.82. The summed E-state index contributed by atoms with van der Waals surface area (Å²) in [4.78, 5) is 28.1. The average molecular weight is 528 g/mol. The summed E-state index contributed by atoms with van der Waals surface area (Å²) in [6, 6.07) is 12.2. The zero-order valence-electron chi connectivity index (χ0n) is 23.1. The molecule has 8 heteroatoms. The first kappa shape index (κ1) is 29.6. The van der Waals surface area contributed by atoms with E-state index in [0.29, 0.717) is 38.3 Å². The Hall–Kier alpha value is -2.97. The summed E-state index contributed by atoms with van der Waals surface area (Å²) in [5.41, 5.74) is 9.25. The second-order valence-corrected chi connectivity index (χ2v) is 10.2. The molecular formula is C30H42FN3O4. The van der Waals surface area contributed by atoms with Gasteiger partial charge in [-0.15, -0.1) is 0 Å². The number of carbonyl (C=O) groups excluding carboxylic acids is 2. The number of halogens is 1. The van der Waals surface area contributed by atoms with E-state index in [1.807, 2.05) is 58.0 Å². The fraction of sp³-hybridized carbons (Fsp3) is 0.533. The molecule has 0 aromatic heterocycles. The number of rotatable bonds is 11. The van der Waals surface area contributed by atoms with Crippen LogP contribution in [-0.2, 0) is 27.3 Å². The zero-order valence-corrected chi connectivity index (χ0v) is 23.1. The van der Waals surface area contributed by atoms with E-state index in [0.717, 1.165) is 36.0 Å². The van der Waals surface area contributed by atoms with Crippen LogP contribution in [0.5, 0.6) is 0 Å². The summed E-state index contributed by atoms with van der Waals surface area (Å²) >= 11 is 0. The Labute approximate surface area is 226 Å². The molecule has 0 bridgehead atoms. The van der Waals surface area contributed by atoms with Crippen LogP contribution in [-0.4, -0.2) is 66.2 Å². The van der Waals surface area contributed by atoms with Crippen molar-refractivity contribution < 1.29 is 23.5 Å². The first-order chi connectivity index (χ1) is 18.2. The molecule has 1 heterocycles. The normalized spacial score (nSPS) is 15.0. The Kier molecular flexibility index (Phi) is 11.1. The topological polar surface area (TPSA) is 85.1 Å². The maximum Gasteiger partial charge on any atom is 0.410 e. The van der Waals surface area contributed by atoms with Gasteiger partial charge < -0.3 is 25.0 Å². The minimum Gasteiger partial charge on any atom is -0.447 e. The lowest BCUT2D eigenvalue weighted by molar-refractivity contribution is -0.132. The van der Waals surface area contributed by atoms with Crippen LogP contribution in [0.1, 0.15) is 58.1 Å². The SMILES string of the molecule is CCCN(CC)C(=O)C(N)Cc1ccc(-c2ccc(COC3CCN(C(=O)OC(C)C)CC3)cc2)cc1F. The third-order valence-electron chi connectivity index (χ3n) is 6.81. The molecule has 1 aliphatic rings. The van der Waals surface area contributed by atoms with E-state index >= 15 is 0 Å². The smallest absolute Gasteiger partial charge is 0.410 e. The van der Waals surface area contributed by atoms with Crippen LogP contribution in [0.2, 0.25) is 0 Å². The molecule has 0 aliphatic carbocycles. The number of benzene rings is 2. The van der Waals surface area contributed by atoms with Crippen molar-refractivity contribution in [1.82, 2.24) is 9.80 Å². The van der Waals surface area contributed by atoms with Crippen LogP contribution >= 0.6 is 0 Å². The minimum absolute atomic E-state index is 0.101. The lowest BCUT2D eigenvalue weighted by Crippen LogP contribution is -2.45. The van der Waals surface area contributed by atoms with Crippen LogP contribution in [0, 0.1) is 5.82 Å². The van der Waals surface area contributed by atoms with Crippen molar-refractivity contribution in [3.05, 3.63) is 59.4 Å². The average Bonchev–Trinajstić information content (AvgIpc) is 2.91. The molecule has 2 N–H and O–H groups in total. The second-order valence-electron chi connectivity index (χ2n) is 10.2. The van der Waals surface area contributed by atoms with Gasteiger partial charge in [0.15, 0.2) is 0 Å².